The predicted octanol–water partition coefficient (Wildman–Crippen LogP) is 5.63. The number of unbranched alkanes of at least 4 members (excludes halogenated alkanes) is 1. The van der Waals surface area contributed by atoms with Gasteiger partial charge in [0.05, 0.1) is 10.0 Å². The van der Waals surface area contributed by atoms with Gasteiger partial charge in [-0.1, -0.05) is 54.6 Å². The summed E-state index contributed by atoms with van der Waals surface area (Å²) in [6.45, 7) is 6.33. The van der Waals surface area contributed by atoms with Crippen molar-refractivity contribution in [1.29, 1.82) is 0 Å². The Morgan fingerprint density at radius 3 is 2.36 bits per heavy atom. The summed E-state index contributed by atoms with van der Waals surface area (Å²) in [5, 5.41) is 5.24. The number of hydrogen-bond acceptors (Lipinski definition) is 2. The van der Waals surface area contributed by atoms with Gasteiger partial charge in [-0.2, -0.15) is 0 Å². The highest BCUT2D eigenvalue weighted by Gasteiger charge is 2.24. The van der Waals surface area contributed by atoms with Gasteiger partial charge in [0, 0.05) is 37.2 Å². The summed E-state index contributed by atoms with van der Waals surface area (Å²) in [6, 6.07) is 3.99. The average molecular weight is 409 g/mol. The topological polar surface area (TPSA) is 15.3 Å². The Bertz CT molecular complexity index is 450. The second kappa shape index (κ2) is 11.2. The van der Waals surface area contributed by atoms with Crippen molar-refractivity contribution < 1.29 is 0 Å². The Hall–Kier alpha value is 0.590. The third-order valence-electron chi connectivity index (χ3n) is 3.80. The lowest BCUT2D eigenvalue weighted by atomic mass is 9.98. The van der Waals surface area contributed by atoms with Gasteiger partial charge >= 0.3 is 0 Å². The molecule has 0 amide bonds. The molecule has 2 nitrogen and oxygen atoms in total. The number of nitrogens with zero attached hydrogens (tertiary/aromatic N) is 1. The SMILES string of the molecule is CCCC[C@@H](c1cc(Cl)cc(Cl)c1Cl)N1CCNCC1.Cl.Cl. The zero-order valence-corrected chi connectivity index (χ0v) is 16.5. The van der Waals surface area contributed by atoms with Crippen molar-refractivity contribution in [1.82, 2.24) is 10.2 Å². The van der Waals surface area contributed by atoms with Crippen molar-refractivity contribution >= 4 is 59.6 Å². The molecular weight excluding hydrogens is 385 g/mol. The van der Waals surface area contributed by atoms with Crippen LogP contribution in [0, 0.1) is 0 Å². The molecule has 1 fully saturated rings. The number of piperazine rings is 1. The lowest BCUT2D eigenvalue weighted by Crippen LogP contribution is -2.45. The average Bonchev–Trinajstić information content (AvgIpc) is 2.45. The predicted molar refractivity (Wildman–Crippen MR) is 103 cm³/mol. The van der Waals surface area contributed by atoms with Gasteiger partial charge in [-0.25, -0.2) is 0 Å². The number of nitrogens with one attached hydrogen (secondary N) is 1. The van der Waals surface area contributed by atoms with Gasteiger partial charge in [-0.15, -0.1) is 24.8 Å². The summed E-state index contributed by atoms with van der Waals surface area (Å²) in [5.41, 5.74) is 1.07. The fraction of sp³-hybridized carbons (Fsp3) is 0.600. The van der Waals surface area contributed by atoms with Crippen LogP contribution in [0.1, 0.15) is 37.8 Å². The number of rotatable bonds is 5. The minimum absolute atomic E-state index is 0. The molecule has 1 aromatic rings. The van der Waals surface area contributed by atoms with Gasteiger partial charge < -0.3 is 5.32 Å². The molecule has 0 aliphatic carbocycles. The third kappa shape index (κ3) is 5.90. The molecule has 22 heavy (non-hydrogen) atoms. The fourth-order valence-corrected chi connectivity index (χ4v) is 3.49. The molecule has 0 aromatic heterocycles. The van der Waals surface area contributed by atoms with E-state index in [0.29, 0.717) is 21.1 Å². The Kier molecular flexibility index (Phi) is 11.5. The number of hydrogen-bond donors (Lipinski definition) is 1. The van der Waals surface area contributed by atoms with Crippen molar-refractivity contribution in [3.05, 3.63) is 32.8 Å². The van der Waals surface area contributed by atoms with Crippen LogP contribution < -0.4 is 5.32 Å². The maximum Gasteiger partial charge on any atom is 0.0641 e. The van der Waals surface area contributed by atoms with E-state index in [4.69, 9.17) is 34.8 Å². The highest BCUT2D eigenvalue weighted by atomic mass is 35.5. The Balaban J connectivity index is 0.00000220. The first-order valence-electron chi connectivity index (χ1n) is 7.22. The molecule has 1 aliphatic heterocycles. The van der Waals surface area contributed by atoms with Gasteiger partial charge in [0.2, 0.25) is 0 Å². The van der Waals surface area contributed by atoms with Crippen LogP contribution in [0.5, 0.6) is 0 Å². The summed E-state index contributed by atoms with van der Waals surface area (Å²) < 4.78 is 0. The largest absolute Gasteiger partial charge is 0.314 e. The van der Waals surface area contributed by atoms with Crippen LogP contribution in [-0.2, 0) is 0 Å². The van der Waals surface area contributed by atoms with Crippen LogP contribution in [0.15, 0.2) is 12.1 Å². The van der Waals surface area contributed by atoms with Gasteiger partial charge in [-0.05, 0) is 24.1 Å². The zero-order valence-electron chi connectivity index (χ0n) is 12.6. The van der Waals surface area contributed by atoms with Crippen molar-refractivity contribution in [2.24, 2.45) is 0 Å². The van der Waals surface area contributed by atoms with E-state index in [0.717, 1.165) is 38.2 Å². The van der Waals surface area contributed by atoms with E-state index < -0.39 is 0 Å². The molecule has 1 N–H and O–H groups in total. The van der Waals surface area contributed by atoms with E-state index in [-0.39, 0.29) is 24.8 Å². The third-order valence-corrected chi connectivity index (χ3v) is 4.84. The highest BCUT2D eigenvalue weighted by molar-refractivity contribution is 6.43. The molecule has 7 heteroatoms. The Morgan fingerprint density at radius 2 is 1.77 bits per heavy atom. The fourth-order valence-electron chi connectivity index (χ4n) is 2.74. The maximum absolute atomic E-state index is 6.43. The second-order valence-electron chi connectivity index (χ2n) is 5.23. The first-order chi connectivity index (χ1) is 9.63. The minimum atomic E-state index is 0. The van der Waals surface area contributed by atoms with E-state index in [1.807, 2.05) is 6.07 Å². The zero-order chi connectivity index (χ0) is 14.5. The first kappa shape index (κ1) is 22.6. The molecule has 1 aromatic carbocycles. The first-order valence-corrected chi connectivity index (χ1v) is 8.36. The molecule has 0 radical (unpaired) electrons. The molecule has 0 saturated carbocycles. The summed E-state index contributed by atoms with van der Waals surface area (Å²) in [6.07, 6.45) is 3.44. The van der Waals surface area contributed by atoms with Crippen LogP contribution >= 0.6 is 59.6 Å². The maximum atomic E-state index is 6.43. The van der Waals surface area contributed by atoms with Crippen molar-refractivity contribution in [2.45, 2.75) is 32.2 Å². The summed E-state index contributed by atoms with van der Waals surface area (Å²) in [4.78, 5) is 2.49. The lowest BCUT2D eigenvalue weighted by molar-refractivity contribution is 0.163. The van der Waals surface area contributed by atoms with E-state index >= 15 is 0 Å². The molecule has 0 spiro atoms. The molecule has 0 bridgehead atoms. The van der Waals surface area contributed by atoms with Gasteiger partial charge in [0.1, 0.15) is 0 Å². The monoisotopic (exact) mass is 406 g/mol. The van der Waals surface area contributed by atoms with Crippen molar-refractivity contribution in [2.75, 3.05) is 26.2 Å². The summed E-state index contributed by atoms with van der Waals surface area (Å²) in [5.74, 6) is 0. The second-order valence-corrected chi connectivity index (χ2v) is 6.46. The standard InChI is InChI=1S/C15H21Cl3N2.2ClH/c1-2-3-4-14(20-7-5-19-6-8-20)12-9-11(16)10-13(17)15(12)18;;/h9-10,14,19H,2-8H2,1H3;2*1H/t14-;;/m0../s1. The molecule has 1 saturated heterocycles. The lowest BCUT2D eigenvalue weighted by Gasteiger charge is -2.36. The van der Waals surface area contributed by atoms with E-state index in [1.165, 1.54) is 12.8 Å². The van der Waals surface area contributed by atoms with Crippen molar-refractivity contribution in [3.8, 4) is 0 Å². The molecular formula is C15H23Cl5N2. The Morgan fingerprint density at radius 1 is 1.14 bits per heavy atom. The Labute approximate surface area is 160 Å². The van der Waals surface area contributed by atoms with E-state index in [9.17, 15) is 0 Å². The molecule has 1 aliphatic rings. The van der Waals surface area contributed by atoms with Gasteiger partial charge in [-0.3, -0.25) is 4.90 Å². The quantitative estimate of drug-likeness (QED) is 0.636. The number of benzene rings is 1. The molecule has 0 unspecified atom stereocenters. The van der Waals surface area contributed by atoms with Gasteiger partial charge in [0.15, 0.2) is 0 Å². The van der Waals surface area contributed by atoms with Crippen LogP contribution in [0.4, 0.5) is 0 Å². The number of halogens is 5. The minimum Gasteiger partial charge on any atom is -0.314 e. The van der Waals surface area contributed by atoms with E-state index in [1.54, 1.807) is 6.07 Å². The van der Waals surface area contributed by atoms with Crippen molar-refractivity contribution in [3.63, 3.8) is 0 Å². The summed E-state index contributed by atoms with van der Waals surface area (Å²) >= 11 is 18.8. The summed E-state index contributed by atoms with van der Waals surface area (Å²) in [7, 11) is 0. The van der Waals surface area contributed by atoms with E-state index in [2.05, 4.69) is 17.1 Å². The molecule has 1 heterocycles. The molecule has 1 atom stereocenters. The van der Waals surface area contributed by atoms with Gasteiger partial charge in [0.25, 0.3) is 0 Å². The van der Waals surface area contributed by atoms with Crippen LogP contribution in [0.2, 0.25) is 15.1 Å². The normalized spacial score (nSPS) is 16.5. The van der Waals surface area contributed by atoms with Crippen LogP contribution in [0.25, 0.3) is 0 Å². The highest BCUT2D eigenvalue weighted by Crippen LogP contribution is 2.38. The smallest absolute Gasteiger partial charge is 0.0641 e. The molecule has 128 valence electrons. The van der Waals surface area contributed by atoms with Crippen LogP contribution in [-0.4, -0.2) is 31.1 Å². The van der Waals surface area contributed by atoms with Crippen LogP contribution in [0.3, 0.4) is 0 Å². The molecule has 2 rings (SSSR count).